The lowest BCUT2D eigenvalue weighted by molar-refractivity contribution is -0.137. The molecule has 2 heterocycles. The van der Waals surface area contributed by atoms with Crippen LogP contribution in [0.3, 0.4) is 0 Å². The number of halogens is 3. The van der Waals surface area contributed by atoms with Crippen LogP contribution in [0.1, 0.15) is 43.2 Å². The molecule has 7 heteroatoms. The highest BCUT2D eigenvalue weighted by Crippen LogP contribution is 2.52. The summed E-state index contributed by atoms with van der Waals surface area (Å²) in [5.41, 5.74) is 6.57. The molecule has 1 aromatic carbocycles. The van der Waals surface area contributed by atoms with E-state index < -0.39 is 17.2 Å². The summed E-state index contributed by atoms with van der Waals surface area (Å²) in [4.78, 5) is 18.7. The number of aromatic nitrogens is 1. The number of anilines is 3. The molecule has 1 aromatic heterocycles. The van der Waals surface area contributed by atoms with E-state index in [9.17, 15) is 18.0 Å². The third-order valence-corrected chi connectivity index (χ3v) is 5.40. The summed E-state index contributed by atoms with van der Waals surface area (Å²) in [7, 11) is 0. The highest BCUT2D eigenvalue weighted by molar-refractivity contribution is 6.12. The van der Waals surface area contributed by atoms with Crippen molar-refractivity contribution >= 4 is 23.1 Å². The number of rotatable bonds is 1. The van der Waals surface area contributed by atoms with Crippen molar-refractivity contribution in [3.05, 3.63) is 47.7 Å². The Morgan fingerprint density at radius 1 is 1.08 bits per heavy atom. The Morgan fingerprint density at radius 2 is 1.81 bits per heavy atom. The standard InChI is InChI=1S/C19H18F3N3O/c20-19(21,22)12-4-7-16(24-11-12)25-15-6-5-13(23)10-14(15)18(17(25)26)8-2-1-3-9-18/h4-7,10-11H,1-3,8-9,23H2. The van der Waals surface area contributed by atoms with Crippen LogP contribution in [0.25, 0.3) is 0 Å². The number of amides is 1. The van der Waals surface area contributed by atoms with E-state index in [4.69, 9.17) is 5.73 Å². The van der Waals surface area contributed by atoms with E-state index >= 15 is 0 Å². The van der Waals surface area contributed by atoms with Gasteiger partial charge >= 0.3 is 6.18 Å². The van der Waals surface area contributed by atoms with Gasteiger partial charge in [-0.15, -0.1) is 0 Å². The summed E-state index contributed by atoms with van der Waals surface area (Å²) in [5, 5.41) is 0. The third kappa shape index (κ3) is 2.45. The zero-order valence-electron chi connectivity index (χ0n) is 14.0. The first-order valence-corrected chi connectivity index (χ1v) is 8.61. The van der Waals surface area contributed by atoms with Gasteiger partial charge in [0.2, 0.25) is 5.91 Å². The molecule has 0 atom stereocenters. The molecule has 1 saturated carbocycles. The topological polar surface area (TPSA) is 59.2 Å². The van der Waals surface area contributed by atoms with Crippen molar-refractivity contribution < 1.29 is 18.0 Å². The van der Waals surface area contributed by atoms with Gasteiger partial charge in [-0.2, -0.15) is 13.2 Å². The minimum atomic E-state index is -4.46. The number of hydrogen-bond acceptors (Lipinski definition) is 3. The lowest BCUT2D eigenvalue weighted by Gasteiger charge is -2.32. The summed E-state index contributed by atoms with van der Waals surface area (Å²) in [5.74, 6) is 0.0847. The van der Waals surface area contributed by atoms with Crippen molar-refractivity contribution in [3.63, 3.8) is 0 Å². The van der Waals surface area contributed by atoms with Crippen LogP contribution in [0, 0.1) is 0 Å². The first kappa shape index (κ1) is 16.9. The zero-order valence-corrected chi connectivity index (χ0v) is 14.0. The van der Waals surface area contributed by atoms with Crippen molar-refractivity contribution in [1.29, 1.82) is 0 Å². The monoisotopic (exact) mass is 361 g/mol. The average Bonchev–Trinajstić information content (AvgIpc) is 2.84. The minimum Gasteiger partial charge on any atom is -0.399 e. The Labute approximate surface area is 148 Å². The summed E-state index contributed by atoms with van der Waals surface area (Å²) in [6.07, 6.45) is 0.704. The van der Waals surface area contributed by atoms with Crippen LogP contribution in [0.5, 0.6) is 0 Å². The van der Waals surface area contributed by atoms with Gasteiger partial charge in [-0.25, -0.2) is 4.98 Å². The molecule has 1 fully saturated rings. The highest BCUT2D eigenvalue weighted by atomic mass is 19.4. The molecule has 4 nitrogen and oxygen atoms in total. The molecule has 4 rings (SSSR count). The van der Waals surface area contributed by atoms with Gasteiger partial charge in [0.25, 0.3) is 0 Å². The third-order valence-electron chi connectivity index (χ3n) is 5.40. The second-order valence-corrected chi connectivity index (χ2v) is 6.96. The lowest BCUT2D eigenvalue weighted by Crippen LogP contribution is -2.40. The van der Waals surface area contributed by atoms with Crippen molar-refractivity contribution in [2.75, 3.05) is 10.6 Å². The van der Waals surface area contributed by atoms with E-state index in [0.717, 1.165) is 49.9 Å². The molecule has 0 bridgehead atoms. The number of pyridine rings is 1. The smallest absolute Gasteiger partial charge is 0.399 e. The fourth-order valence-electron chi connectivity index (χ4n) is 4.12. The molecule has 1 aliphatic heterocycles. The fourth-order valence-corrected chi connectivity index (χ4v) is 4.12. The van der Waals surface area contributed by atoms with Crippen LogP contribution in [0.15, 0.2) is 36.5 Å². The van der Waals surface area contributed by atoms with Crippen LogP contribution >= 0.6 is 0 Å². The molecule has 136 valence electrons. The number of benzene rings is 1. The molecule has 0 saturated heterocycles. The predicted octanol–water partition coefficient (Wildman–Crippen LogP) is 4.56. The molecule has 2 N–H and O–H groups in total. The summed E-state index contributed by atoms with van der Waals surface area (Å²) in [6.45, 7) is 0. The molecular formula is C19H18F3N3O. The van der Waals surface area contributed by atoms with Crippen molar-refractivity contribution in [2.24, 2.45) is 0 Å². The van der Waals surface area contributed by atoms with E-state index in [1.165, 1.54) is 11.0 Å². The molecule has 0 radical (unpaired) electrons. The van der Waals surface area contributed by atoms with E-state index in [0.29, 0.717) is 11.4 Å². The Balaban J connectivity index is 1.81. The number of nitrogen functional groups attached to an aromatic ring is 1. The van der Waals surface area contributed by atoms with Gasteiger partial charge in [0.05, 0.1) is 16.7 Å². The second kappa shape index (κ2) is 5.72. The van der Waals surface area contributed by atoms with Gasteiger partial charge in [-0.3, -0.25) is 9.69 Å². The number of hydrogen-bond donors (Lipinski definition) is 1. The molecule has 2 aromatic rings. The SMILES string of the molecule is Nc1ccc2c(c1)C1(CCCCC1)C(=O)N2c1ccc(C(F)(F)F)cn1. The van der Waals surface area contributed by atoms with Crippen molar-refractivity contribution in [1.82, 2.24) is 4.98 Å². The van der Waals surface area contributed by atoms with Crippen LogP contribution < -0.4 is 10.6 Å². The van der Waals surface area contributed by atoms with Gasteiger partial charge in [0.1, 0.15) is 5.82 Å². The maximum absolute atomic E-state index is 13.4. The van der Waals surface area contributed by atoms with E-state index in [-0.39, 0.29) is 11.7 Å². The Bertz CT molecular complexity index is 855. The van der Waals surface area contributed by atoms with Crippen molar-refractivity contribution in [3.8, 4) is 0 Å². The maximum atomic E-state index is 13.4. The molecule has 2 aliphatic rings. The van der Waals surface area contributed by atoms with Crippen LogP contribution in [-0.2, 0) is 16.4 Å². The molecule has 0 unspecified atom stereocenters. The number of carbonyl (C=O) groups excluding carboxylic acids is 1. The fraction of sp³-hybridized carbons (Fsp3) is 0.368. The van der Waals surface area contributed by atoms with Gasteiger partial charge in [-0.05, 0) is 48.7 Å². The predicted molar refractivity (Wildman–Crippen MR) is 92.0 cm³/mol. The van der Waals surface area contributed by atoms with Crippen LogP contribution in [0.2, 0.25) is 0 Å². The van der Waals surface area contributed by atoms with Gasteiger partial charge in [-0.1, -0.05) is 19.3 Å². The average molecular weight is 361 g/mol. The molecule has 26 heavy (non-hydrogen) atoms. The van der Waals surface area contributed by atoms with Crippen LogP contribution in [-0.4, -0.2) is 10.9 Å². The number of fused-ring (bicyclic) bond motifs is 2. The molecular weight excluding hydrogens is 343 g/mol. The summed E-state index contributed by atoms with van der Waals surface area (Å²) < 4.78 is 38.4. The molecule has 1 aliphatic carbocycles. The van der Waals surface area contributed by atoms with E-state index in [2.05, 4.69) is 4.98 Å². The first-order chi connectivity index (χ1) is 12.3. The number of nitrogens with zero attached hydrogens (tertiary/aromatic N) is 2. The normalized spacial score (nSPS) is 19.0. The molecule has 1 spiro atoms. The Morgan fingerprint density at radius 3 is 2.42 bits per heavy atom. The number of carbonyl (C=O) groups is 1. The van der Waals surface area contributed by atoms with Gasteiger partial charge in [0, 0.05) is 11.9 Å². The number of nitrogens with two attached hydrogens (primary N) is 1. The summed E-state index contributed by atoms with van der Waals surface area (Å²) in [6, 6.07) is 7.49. The van der Waals surface area contributed by atoms with E-state index in [1.807, 2.05) is 6.07 Å². The lowest BCUT2D eigenvalue weighted by atomic mass is 9.70. The van der Waals surface area contributed by atoms with Gasteiger partial charge < -0.3 is 5.73 Å². The Kier molecular flexibility index (Phi) is 3.71. The largest absolute Gasteiger partial charge is 0.417 e. The first-order valence-electron chi connectivity index (χ1n) is 8.61. The summed E-state index contributed by atoms with van der Waals surface area (Å²) >= 11 is 0. The van der Waals surface area contributed by atoms with E-state index in [1.54, 1.807) is 12.1 Å². The minimum absolute atomic E-state index is 0.120. The molecule has 1 amide bonds. The number of alkyl halides is 3. The highest BCUT2D eigenvalue weighted by Gasteiger charge is 2.51. The Hall–Kier alpha value is -2.57. The van der Waals surface area contributed by atoms with Crippen LogP contribution in [0.4, 0.5) is 30.4 Å². The second-order valence-electron chi connectivity index (χ2n) is 6.96. The van der Waals surface area contributed by atoms with Gasteiger partial charge in [0.15, 0.2) is 0 Å². The maximum Gasteiger partial charge on any atom is 0.417 e. The van der Waals surface area contributed by atoms with Crippen molar-refractivity contribution in [2.45, 2.75) is 43.7 Å². The quantitative estimate of drug-likeness (QED) is 0.758. The zero-order chi connectivity index (χ0) is 18.5.